The molecule has 1 aromatic carbocycles. The summed E-state index contributed by atoms with van der Waals surface area (Å²) in [7, 11) is 0. The molecule has 0 spiro atoms. The Kier molecular flexibility index (Phi) is 3.97. The van der Waals surface area contributed by atoms with Crippen molar-refractivity contribution < 1.29 is 9.84 Å². The van der Waals surface area contributed by atoms with Crippen LogP contribution in [0.2, 0.25) is 0 Å². The lowest BCUT2D eigenvalue weighted by Gasteiger charge is -2.27. The van der Waals surface area contributed by atoms with E-state index in [1.165, 1.54) is 5.56 Å². The second-order valence-corrected chi connectivity index (χ2v) is 4.97. The molecule has 0 aromatic heterocycles. The number of rotatable bonds is 5. The summed E-state index contributed by atoms with van der Waals surface area (Å²) in [5, 5.41) is 9.29. The van der Waals surface area contributed by atoms with E-state index in [0.29, 0.717) is 13.2 Å². The first-order valence-electron chi connectivity index (χ1n) is 6.17. The first kappa shape index (κ1) is 12.3. The Balaban J connectivity index is 1.85. The summed E-state index contributed by atoms with van der Waals surface area (Å²) in [5.41, 5.74) is 2.36. The zero-order valence-electron chi connectivity index (χ0n) is 10.4. The highest BCUT2D eigenvalue weighted by Gasteiger charge is 2.31. The molecule has 0 saturated carbocycles. The van der Waals surface area contributed by atoms with Crippen molar-refractivity contribution >= 4 is 0 Å². The van der Waals surface area contributed by atoms with Crippen LogP contribution in [0.5, 0.6) is 0 Å². The topological polar surface area (TPSA) is 29.5 Å². The molecule has 1 N–H and O–H groups in total. The van der Waals surface area contributed by atoms with Crippen LogP contribution in [0, 0.1) is 5.41 Å². The average Bonchev–Trinajstić information content (AvgIpc) is 2.72. The summed E-state index contributed by atoms with van der Waals surface area (Å²) in [6.45, 7) is 3.67. The standard InChI is InChI=1S/C15H20O2/c1-15(9-5-8-14(15)10-16)12-17-11-13-6-3-2-4-7-13/h2-4,6-8,16H,5,9-12H2,1H3. The van der Waals surface area contributed by atoms with Crippen molar-refractivity contribution in [1.29, 1.82) is 0 Å². The van der Waals surface area contributed by atoms with Gasteiger partial charge in [0.1, 0.15) is 0 Å². The maximum Gasteiger partial charge on any atom is 0.0717 e. The minimum absolute atomic E-state index is 0.0313. The molecule has 0 bridgehead atoms. The third-order valence-electron chi connectivity index (χ3n) is 3.56. The van der Waals surface area contributed by atoms with Gasteiger partial charge < -0.3 is 9.84 Å². The molecule has 1 unspecified atom stereocenters. The molecule has 0 fully saturated rings. The van der Waals surface area contributed by atoms with Gasteiger partial charge in [0.2, 0.25) is 0 Å². The van der Waals surface area contributed by atoms with Gasteiger partial charge in [-0.2, -0.15) is 0 Å². The summed E-state index contributed by atoms with van der Waals surface area (Å²) in [5.74, 6) is 0. The summed E-state index contributed by atoms with van der Waals surface area (Å²) >= 11 is 0. The SMILES string of the molecule is CC1(COCc2ccccc2)CCC=C1CO. The minimum atomic E-state index is 0.0313. The van der Waals surface area contributed by atoms with Crippen LogP contribution >= 0.6 is 0 Å². The second-order valence-electron chi connectivity index (χ2n) is 4.97. The van der Waals surface area contributed by atoms with Crippen LogP contribution in [-0.4, -0.2) is 18.3 Å². The van der Waals surface area contributed by atoms with Crippen molar-refractivity contribution in [3.05, 3.63) is 47.5 Å². The Morgan fingerprint density at radius 1 is 1.29 bits per heavy atom. The summed E-state index contributed by atoms with van der Waals surface area (Å²) in [6.07, 6.45) is 4.28. The monoisotopic (exact) mass is 232 g/mol. The summed E-state index contributed by atoms with van der Waals surface area (Å²) < 4.78 is 5.79. The number of aliphatic hydroxyl groups is 1. The molecular weight excluding hydrogens is 212 g/mol. The van der Waals surface area contributed by atoms with Crippen LogP contribution in [0.3, 0.4) is 0 Å². The molecule has 92 valence electrons. The normalized spacial score (nSPS) is 23.8. The van der Waals surface area contributed by atoms with Gasteiger partial charge in [-0.15, -0.1) is 0 Å². The van der Waals surface area contributed by atoms with E-state index < -0.39 is 0 Å². The number of allylic oxidation sites excluding steroid dienone is 1. The molecule has 1 atom stereocenters. The third-order valence-corrected chi connectivity index (χ3v) is 3.56. The molecule has 1 aromatic rings. The Labute approximate surface area is 103 Å². The highest BCUT2D eigenvalue weighted by Crippen LogP contribution is 2.38. The molecule has 2 rings (SSSR count). The fourth-order valence-corrected chi connectivity index (χ4v) is 2.36. The second kappa shape index (κ2) is 5.48. The predicted octanol–water partition coefficient (Wildman–Crippen LogP) is 2.92. The van der Waals surface area contributed by atoms with Crippen LogP contribution in [0.1, 0.15) is 25.3 Å². The van der Waals surface area contributed by atoms with E-state index in [4.69, 9.17) is 4.74 Å². The molecular formula is C15H20O2. The van der Waals surface area contributed by atoms with Crippen LogP contribution in [0.4, 0.5) is 0 Å². The smallest absolute Gasteiger partial charge is 0.0717 e. The Hall–Kier alpha value is -1.12. The molecule has 2 heteroatoms. The molecule has 2 nitrogen and oxygen atoms in total. The number of ether oxygens (including phenoxy) is 1. The molecule has 0 radical (unpaired) electrons. The van der Waals surface area contributed by atoms with Crippen molar-refractivity contribution in [3.8, 4) is 0 Å². The third kappa shape index (κ3) is 2.96. The Bertz CT molecular complexity index is 383. The van der Waals surface area contributed by atoms with Gasteiger partial charge >= 0.3 is 0 Å². The minimum Gasteiger partial charge on any atom is -0.392 e. The fraction of sp³-hybridized carbons (Fsp3) is 0.467. The van der Waals surface area contributed by atoms with Crippen LogP contribution in [0.25, 0.3) is 0 Å². The number of aliphatic hydroxyl groups excluding tert-OH is 1. The highest BCUT2D eigenvalue weighted by atomic mass is 16.5. The van der Waals surface area contributed by atoms with E-state index >= 15 is 0 Å². The maximum atomic E-state index is 9.29. The Morgan fingerprint density at radius 3 is 2.76 bits per heavy atom. The van der Waals surface area contributed by atoms with Gasteiger partial charge in [0.25, 0.3) is 0 Å². The van der Waals surface area contributed by atoms with Crippen LogP contribution < -0.4 is 0 Å². The number of benzene rings is 1. The highest BCUT2D eigenvalue weighted by molar-refractivity contribution is 5.19. The quantitative estimate of drug-likeness (QED) is 0.791. The van der Waals surface area contributed by atoms with E-state index in [0.717, 1.165) is 18.4 Å². The molecule has 0 saturated heterocycles. The lowest BCUT2D eigenvalue weighted by molar-refractivity contribution is 0.0551. The van der Waals surface area contributed by atoms with Gasteiger partial charge in [-0.1, -0.05) is 43.3 Å². The molecule has 17 heavy (non-hydrogen) atoms. The van der Waals surface area contributed by atoms with Crippen LogP contribution in [-0.2, 0) is 11.3 Å². The lowest BCUT2D eigenvalue weighted by Crippen LogP contribution is -2.24. The number of hydrogen-bond donors (Lipinski definition) is 1. The Morgan fingerprint density at radius 2 is 2.06 bits per heavy atom. The van der Waals surface area contributed by atoms with Crippen LogP contribution in [0.15, 0.2) is 42.0 Å². The largest absolute Gasteiger partial charge is 0.392 e. The van der Waals surface area contributed by atoms with E-state index in [2.05, 4.69) is 25.1 Å². The molecule has 0 amide bonds. The van der Waals surface area contributed by atoms with Crippen molar-refractivity contribution in [2.24, 2.45) is 5.41 Å². The van der Waals surface area contributed by atoms with Crippen molar-refractivity contribution in [2.75, 3.05) is 13.2 Å². The van der Waals surface area contributed by atoms with Crippen molar-refractivity contribution in [2.45, 2.75) is 26.4 Å². The van der Waals surface area contributed by atoms with Gasteiger partial charge in [0, 0.05) is 5.41 Å². The average molecular weight is 232 g/mol. The van der Waals surface area contributed by atoms with Gasteiger partial charge in [0.15, 0.2) is 0 Å². The zero-order chi connectivity index (χ0) is 12.1. The summed E-state index contributed by atoms with van der Waals surface area (Å²) in [6, 6.07) is 10.2. The predicted molar refractivity (Wildman–Crippen MR) is 68.6 cm³/mol. The fourth-order valence-electron chi connectivity index (χ4n) is 2.36. The van der Waals surface area contributed by atoms with Gasteiger partial charge in [-0.3, -0.25) is 0 Å². The van der Waals surface area contributed by atoms with E-state index in [1.807, 2.05) is 18.2 Å². The van der Waals surface area contributed by atoms with E-state index in [9.17, 15) is 5.11 Å². The van der Waals surface area contributed by atoms with E-state index in [1.54, 1.807) is 0 Å². The van der Waals surface area contributed by atoms with Crippen molar-refractivity contribution in [3.63, 3.8) is 0 Å². The van der Waals surface area contributed by atoms with Gasteiger partial charge in [-0.05, 0) is 24.0 Å². The molecule has 0 heterocycles. The first-order chi connectivity index (χ1) is 8.24. The van der Waals surface area contributed by atoms with Gasteiger partial charge in [0.05, 0.1) is 19.8 Å². The molecule has 1 aliphatic carbocycles. The van der Waals surface area contributed by atoms with E-state index in [-0.39, 0.29) is 12.0 Å². The van der Waals surface area contributed by atoms with Gasteiger partial charge in [-0.25, -0.2) is 0 Å². The van der Waals surface area contributed by atoms with Crippen molar-refractivity contribution in [1.82, 2.24) is 0 Å². The zero-order valence-corrected chi connectivity index (χ0v) is 10.4. The molecule has 0 aliphatic heterocycles. The lowest BCUT2D eigenvalue weighted by atomic mass is 9.84. The maximum absolute atomic E-state index is 9.29. The summed E-state index contributed by atoms with van der Waals surface area (Å²) in [4.78, 5) is 0. The molecule has 1 aliphatic rings. The first-order valence-corrected chi connectivity index (χ1v) is 6.17. The number of hydrogen-bond acceptors (Lipinski definition) is 2.